The molecule has 0 aliphatic heterocycles. The second-order valence-corrected chi connectivity index (χ2v) is 6.65. The first-order valence-corrected chi connectivity index (χ1v) is 7.11. The molecule has 0 spiro atoms. The number of allylic oxidation sites excluding steroid dienone is 2. The Morgan fingerprint density at radius 3 is 2.39 bits per heavy atom. The fourth-order valence-electron chi connectivity index (χ4n) is 1.86. The minimum absolute atomic E-state index is 0.102. The molecular weight excluding hydrogens is 269 g/mol. The quantitative estimate of drug-likeness (QED) is 0.588. The summed E-state index contributed by atoms with van der Waals surface area (Å²) < 4.78 is 62.6. The molecule has 1 unspecified atom stereocenters. The van der Waals surface area contributed by atoms with E-state index < -0.39 is 15.6 Å². The lowest BCUT2D eigenvalue weighted by Gasteiger charge is -2.34. The number of halogens is 3. The van der Waals surface area contributed by atoms with Crippen molar-refractivity contribution in [3.05, 3.63) is 11.8 Å². The topological polar surface area (TPSA) is 43.4 Å². The molecule has 0 amide bonds. The second kappa shape index (κ2) is 4.75. The van der Waals surface area contributed by atoms with Gasteiger partial charge in [0.25, 0.3) is 0 Å². The Morgan fingerprint density at radius 1 is 1.39 bits per heavy atom. The Bertz CT molecular complexity index is 437. The predicted molar refractivity (Wildman–Crippen MR) is 60.9 cm³/mol. The molecular formula is C11H17F3O3S. The number of rotatable bonds is 3. The third-order valence-electron chi connectivity index (χ3n) is 3.45. The fourth-order valence-corrected chi connectivity index (χ4v) is 2.37. The summed E-state index contributed by atoms with van der Waals surface area (Å²) >= 11 is 0. The van der Waals surface area contributed by atoms with Crippen LogP contribution in [0.25, 0.3) is 0 Å². The van der Waals surface area contributed by atoms with Crippen LogP contribution in [0, 0.1) is 11.3 Å². The van der Waals surface area contributed by atoms with E-state index in [9.17, 15) is 21.6 Å². The van der Waals surface area contributed by atoms with Crippen molar-refractivity contribution in [2.45, 2.75) is 45.5 Å². The first-order valence-electron chi connectivity index (χ1n) is 5.70. The van der Waals surface area contributed by atoms with Gasteiger partial charge in [-0.05, 0) is 30.3 Å². The van der Waals surface area contributed by atoms with Gasteiger partial charge in [0.15, 0.2) is 0 Å². The van der Waals surface area contributed by atoms with Crippen molar-refractivity contribution < 1.29 is 25.8 Å². The minimum Gasteiger partial charge on any atom is -0.381 e. The normalized spacial score (nSPS) is 26.1. The van der Waals surface area contributed by atoms with Gasteiger partial charge < -0.3 is 4.18 Å². The SMILES string of the molecule is CC(C)C1(C)C=C(OS(=O)(=O)C(F)(F)F)CCC1. The molecule has 0 saturated carbocycles. The van der Waals surface area contributed by atoms with Crippen LogP contribution < -0.4 is 0 Å². The summed E-state index contributed by atoms with van der Waals surface area (Å²) in [5, 5.41) is 0. The summed E-state index contributed by atoms with van der Waals surface area (Å²) in [5.74, 6) is 0.0970. The van der Waals surface area contributed by atoms with E-state index in [0.717, 1.165) is 6.42 Å². The molecule has 1 atom stereocenters. The lowest BCUT2D eigenvalue weighted by atomic mass is 9.72. The van der Waals surface area contributed by atoms with Crippen molar-refractivity contribution >= 4 is 10.1 Å². The zero-order valence-electron chi connectivity index (χ0n) is 10.5. The molecule has 7 heteroatoms. The molecule has 106 valence electrons. The molecule has 0 aromatic carbocycles. The van der Waals surface area contributed by atoms with E-state index in [4.69, 9.17) is 0 Å². The van der Waals surface area contributed by atoms with Gasteiger partial charge in [0.05, 0.1) is 0 Å². The van der Waals surface area contributed by atoms with Gasteiger partial charge >= 0.3 is 15.6 Å². The van der Waals surface area contributed by atoms with Crippen LogP contribution in [-0.4, -0.2) is 13.9 Å². The molecule has 1 rings (SSSR count). The monoisotopic (exact) mass is 286 g/mol. The van der Waals surface area contributed by atoms with Crippen molar-refractivity contribution in [2.75, 3.05) is 0 Å². The number of alkyl halides is 3. The molecule has 1 aliphatic carbocycles. The third kappa shape index (κ3) is 3.18. The van der Waals surface area contributed by atoms with Crippen LogP contribution in [0.3, 0.4) is 0 Å². The molecule has 0 radical (unpaired) electrons. The Morgan fingerprint density at radius 2 is 1.94 bits per heavy atom. The van der Waals surface area contributed by atoms with Crippen LogP contribution in [0.5, 0.6) is 0 Å². The predicted octanol–water partition coefficient (Wildman–Crippen LogP) is 3.58. The summed E-state index contributed by atoms with van der Waals surface area (Å²) in [5.41, 5.74) is -5.70. The fraction of sp³-hybridized carbons (Fsp3) is 0.818. The zero-order chi connectivity index (χ0) is 14.2. The van der Waals surface area contributed by atoms with Crippen molar-refractivity contribution in [3.8, 4) is 0 Å². The maximum absolute atomic E-state index is 12.2. The highest BCUT2D eigenvalue weighted by Crippen LogP contribution is 2.41. The van der Waals surface area contributed by atoms with E-state index in [0.29, 0.717) is 6.42 Å². The number of hydrogen-bond donors (Lipinski definition) is 0. The molecule has 0 saturated heterocycles. The summed E-state index contributed by atoms with van der Waals surface area (Å²) in [6.45, 7) is 5.77. The van der Waals surface area contributed by atoms with Crippen molar-refractivity contribution in [1.29, 1.82) is 0 Å². The summed E-state index contributed by atoms with van der Waals surface area (Å²) in [4.78, 5) is 0. The molecule has 0 bridgehead atoms. The summed E-state index contributed by atoms with van der Waals surface area (Å²) in [6.07, 6.45) is 3.17. The zero-order valence-corrected chi connectivity index (χ0v) is 11.4. The van der Waals surface area contributed by atoms with Crippen LogP contribution in [-0.2, 0) is 14.3 Å². The van der Waals surface area contributed by atoms with Crippen molar-refractivity contribution in [2.24, 2.45) is 11.3 Å². The standard InChI is InChI=1S/C11H17F3O3S/c1-8(2)10(3)6-4-5-9(7-10)17-18(15,16)11(12,13)14/h7-8H,4-6H2,1-3H3. The Hall–Kier alpha value is -0.720. The molecule has 0 N–H and O–H groups in total. The van der Waals surface area contributed by atoms with Crippen molar-refractivity contribution in [3.63, 3.8) is 0 Å². The molecule has 0 fully saturated rings. The first kappa shape index (κ1) is 15.3. The van der Waals surface area contributed by atoms with Crippen LogP contribution in [0.4, 0.5) is 13.2 Å². The maximum Gasteiger partial charge on any atom is 0.534 e. The van der Waals surface area contributed by atoms with Gasteiger partial charge in [-0.15, -0.1) is 0 Å². The van der Waals surface area contributed by atoms with Crippen molar-refractivity contribution in [1.82, 2.24) is 0 Å². The van der Waals surface area contributed by atoms with E-state index in [1.54, 1.807) is 0 Å². The van der Waals surface area contributed by atoms with Crippen LogP contribution in [0.15, 0.2) is 11.8 Å². The average molecular weight is 286 g/mol. The van der Waals surface area contributed by atoms with Crippen LogP contribution in [0.2, 0.25) is 0 Å². The highest BCUT2D eigenvalue weighted by Gasteiger charge is 2.49. The molecule has 3 nitrogen and oxygen atoms in total. The summed E-state index contributed by atoms with van der Waals surface area (Å²) in [7, 11) is -5.54. The average Bonchev–Trinajstić information content (AvgIpc) is 2.14. The lowest BCUT2D eigenvalue weighted by Crippen LogP contribution is -2.29. The van der Waals surface area contributed by atoms with Crippen LogP contribution in [0.1, 0.15) is 40.0 Å². The summed E-state index contributed by atoms with van der Waals surface area (Å²) in [6, 6.07) is 0. The maximum atomic E-state index is 12.2. The minimum atomic E-state index is -5.54. The van der Waals surface area contributed by atoms with E-state index in [1.807, 2.05) is 20.8 Å². The van der Waals surface area contributed by atoms with Gasteiger partial charge in [0.1, 0.15) is 5.76 Å². The molecule has 0 heterocycles. The number of hydrogen-bond acceptors (Lipinski definition) is 3. The Kier molecular flexibility index (Phi) is 4.05. The largest absolute Gasteiger partial charge is 0.534 e. The van der Waals surface area contributed by atoms with Gasteiger partial charge in [-0.25, -0.2) is 0 Å². The third-order valence-corrected chi connectivity index (χ3v) is 4.45. The molecule has 18 heavy (non-hydrogen) atoms. The molecule has 1 aliphatic rings. The van der Waals surface area contributed by atoms with Crippen LogP contribution >= 0.6 is 0 Å². The Labute approximate surface area is 105 Å². The Balaban J connectivity index is 2.96. The van der Waals surface area contributed by atoms with Gasteiger partial charge in [-0.3, -0.25) is 0 Å². The van der Waals surface area contributed by atoms with Gasteiger partial charge in [-0.1, -0.05) is 20.8 Å². The lowest BCUT2D eigenvalue weighted by molar-refractivity contribution is -0.0525. The van der Waals surface area contributed by atoms with Gasteiger partial charge in [-0.2, -0.15) is 21.6 Å². The first-order chi connectivity index (χ1) is 7.98. The molecule has 0 aromatic heterocycles. The second-order valence-electron chi connectivity index (χ2n) is 5.11. The van der Waals surface area contributed by atoms with E-state index in [1.165, 1.54) is 6.08 Å². The van der Waals surface area contributed by atoms with Gasteiger partial charge in [0.2, 0.25) is 0 Å². The highest BCUT2D eigenvalue weighted by molar-refractivity contribution is 7.87. The highest BCUT2D eigenvalue weighted by atomic mass is 32.2. The van der Waals surface area contributed by atoms with E-state index in [-0.39, 0.29) is 23.5 Å². The van der Waals surface area contributed by atoms with Gasteiger partial charge in [0, 0.05) is 6.42 Å². The smallest absolute Gasteiger partial charge is 0.381 e. The van der Waals surface area contributed by atoms with E-state index in [2.05, 4.69) is 4.18 Å². The van der Waals surface area contributed by atoms with E-state index >= 15 is 0 Å². The molecule has 0 aromatic rings.